The summed E-state index contributed by atoms with van der Waals surface area (Å²) in [5.41, 5.74) is 5.50. The fourth-order valence-electron chi connectivity index (χ4n) is 2.43. The first-order chi connectivity index (χ1) is 12.1. The largest absolute Gasteiger partial charge is 0.364 e. The second-order valence-electron chi connectivity index (χ2n) is 5.52. The van der Waals surface area contributed by atoms with Crippen LogP contribution < -0.4 is 10.5 Å². The van der Waals surface area contributed by atoms with Gasteiger partial charge in [0.25, 0.3) is 15.9 Å². The predicted octanol–water partition coefficient (Wildman–Crippen LogP) is 0.866. The average molecular weight is 394 g/mol. The van der Waals surface area contributed by atoms with E-state index in [4.69, 9.17) is 5.73 Å². The zero-order chi connectivity index (χ0) is 19.1. The fraction of sp³-hybridized carbons (Fsp3) is 0.0667. The summed E-state index contributed by atoms with van der Waals surface area (Å²) < 4.78 is 51.3. The average Bonchev–Trinajstić information content (AvgIpc) is 2.97. The van der Waals surface area contributed by atoms with Crippen molar-refractivity contribution in [1.29, 1.82) is 0 Å². The van der Waals surface area contributed by atoms with Crippen molar-refractivity contribution < 1.29 is 21.6 Å². The molecule has 0 bridgehead atoms. The van der Waals surface area contributed by atoms with E-state index in [9.17, 15) is 21.6 Å². The van der Waals surface area contributed by atoms with E-state index >= 15 is 0 Å². The van der Waals surface area contributed by atoms with Gasteiger partial charge in [0.05, 0.1) is 21.0 Å². The number of rotatable bonds is 5. The van der Waals surface area contributed by atoms with Crippen molar-refractivity contribution in [3.05, 3.63) is 48.2 Å². The molecule has 0 aliphatic heterocycles. The van der Waals surface area contributed by atoms with Crippen molar-refractivity contribution in [2.45, 2.75) is 9.79 Å². The third kappa shape index (κ3) is 3.26. The summed E-state index contributed by atoms with van der Waals surface area (Å²) in [6.07, 6.45) is 0.983. The molecule has 0 atom stereocenters. The van der Waals surface area contributed by atoms with Crippen LogP contribution in [0.25, 0.3) is 10.9 Å². The number of carbonyl (C=O) groups is 1. The van der Waals surface area contributed by atoms with Gasteiger partial charge in [0.1, 0.15) is 0 Å². The number of aromatic amines is 1. The first-order valence-electron chi connectivity index (χ1n) is 7.19. The van der Waals surface area contributed by atoms with Gasteiger partial charge in [-0.05, 0) is 30.3 Å². The molecular formula is C15H14N4O5S2. The van der Waals surface area contributed by atoms with Crippen molar-refractivity contribution >= 4 is 42.4 Å². The molecule has 0 aliphatic carbocycles. The zero-order valence-corrected chi connectivity index (χ0v) is 15.1. The van der Waals surface area contributed by atoms with Gasteiger partial charge in [-0.3, -0.25) is 14.6 Å². The van der Waals surface area contributed by atoms with Gasteiger partial charge in [-0.2, -0.15) is 5.10 Å². The Kier molecular flexibility index (Phi) is 4.20. The van der Waals surface area contributed by atoms with Crippen LogP contribution in [0.2, 0.25) is 0 Å². The Morgan fingerprint density at radius 1 is 1.12 bits per heavy atom. The Labute approximate surface area is 149 Å². The van der Waals surface area contributed by atoms with Crippen molar-refractivity contribution in [2.75, 3.05) is 11.0 Å². The van der Waals surface area contributed by atoms with E-state index < -0.39 is 25.8 Å². The highest BCUT2D eigenvalue weighted by atomic mass is 32.2. The Morgan fingerprint density at radius 2 is 1.81 bits per heavy atom. The molecule has 0 aliphatic rings. The Bertz CT molecular complexity index is 1230. The number of para-hydroxylation sites is 1. The first kappa shape index (κ1) is 17.9. The van der Waals surface area contributed by atoms with E-state index in [-0.39, 0.29) is 26.6 Å². The Hall–Kier alpha value is -2.92. The van der Waals surface area contributed by atoms with Gasteiger partial charge in [-0.1, -0.05) is 12.1 Å². The number of nitrogens with zero attached hydrogens (tertiary/aromatic N) is 1. The summed E-state index contributed by atoms with van der Waals surface area (Å²) in [5, 5.41) is 6.58. The lowest BCUT2D eigenvalue weighted by Gasteiger charge is -2.11. The summed E-state index contributed by atoms with van der Waals surface area (Å²) >= 11 is 0. The lowest BCUT2D eigenvalue weighted by atomic mass is 10.2. The minimum Gasteiger partial charge on any atom is -0.364 e. The molecule has 26 heavy (non-hydrogen) atoms. The highest BCUT2D eigenvalue weighted by Gasteiger charge is 2.21. The maximum Gasteiger partial charge on any atom is 0.269 e. The van der Waals surface area contributed by atoms with Gasteiger partial charge < -0.3 is 5.73 Å². The molecule has 4 N–H and O–H groups in total. The molecule has 1 heterocycles. The third-order valence-corrected chi connectivity index (χ3v) is 6.13. The minimum atomic E-state index is -4.12. The summed E-state index contributed by atoms with van der Waals surface area (Å²) in [4.78, 5) is 11.1. The van der Waals surface area contributed by atoms with E-state index in [1.807, 2.05) is 0 Å². The maximum absolute atomic E-state index is 12.7. The number of sulfone groups is 1. The second-order valence-corrected chi connectivity index (χ2v) is 9.18. The van der Waals surface area contributed by atoms with Crippen LogP contribution in [0.1, 0.15) is 10.5 Å². The number of nitrogens with one attached hydrogen (secondary N) is 2. The van der Waals surface area contributed by atoms with E-state index in [0.717, 1.165) is 6.26 Å². The summed E-state index contributed by atoms with van der Waals surface area (Å²) in [7, 11) is -7.75. The number of fused-ring (bicyclic) bond motifs is 1. The van der Waals surface area contributed by atoms with Gasteiger partial charge in [0.2, 0.25) is 0 Å². The molecule has 1 aromatic heterocycles. The van der Waals surface area contributed by atoms with E-state index in [1.54, 1.807) is 0 Å². The van der Waals surface area contributed by atoms with Crippen LogP contribution in [0.15, 0.2) is 52.3 Å². The lowest BCUT2D eigenvalue weighted by Crippen LogP contribution is -2.15. The van der Waals surface area contributed by atoms with Gasteiger partial charge in [-0.25, -0.2) is 16.8 Å². The van der Waals surface area contributed by atoms with Crippen LogP contribution in [0.5, 0.6) is 0 Å². The number of benzene rings is 2. The Morgan fingerprint density at radius 3 is 2.46 bits per heavy atom. The molecule has 1 amide bonds. The number of sulfonamides is 1. The van der Waals surface area contributed by atoms with Crippen molar-refractivity contribution in [3.63, 3.8) is 0 Å². The first-order valence-corrected chi connectivity index (χ1v) is 10.6. The van der Waals surface area contributed by atoms with E-state index in [1.165, 1.54) is 42.5 Å². The number of amides is 1. The number of H-pyrrole nitrogens is 1. The minimum absolute atomic E-state index is 0.0718. The standard InChI is InChI=1S/C15H14N4O5S2/c1-25(21,22)13-5-3-2-4-12(13)19-26(23,24)9-6-7-11-10(8-9)14(15(16)20)18-17-11/h2-8,19H,1H3,(H2,16,20)(H,17,18). The molecule has 136 valence electrons. The smallest absolute Gasteiger partial charge is 0.269 e. The molecule has 0 saturated carbocycles. The second kappa shape index (κ2) is 6.11. The van der Waals surface area contributed by atoms with E-state index in [2.05, 4.69) is 14.9 Å². The van der Waals surface area contributed by atoms with Gasteiger partial charge >= 0.3 is 0 Å². The van der Waals surface area contributed by atoms with Crippen LogP contribution in [0, 0.1) is 0 Å². The van der Waals surface area contributed by atoms with Crippen LogP contribution in [0.4, 0.5) is 5.69 Å². The third-order valence-electron chi connectivity index (χ3n) is 3.61. The number of anilines is 1. The summed E-state index contributed by atoms with van der Waals surface area (Å²) in [6, 6.07) is 9.63. The monoisotopic (exact) mass is 394 g/mol. The molecule has 0 fully saturated rings. The van der Waals surface area contributed by atoms with Gasteiger partial charge in [0.15, 0.2) is 15.5 Å². The van der Waals surface area contributed by atoms with E-state index in [0.29, 0.717) is 5.52 Å². The molecule has 3 aromatic rings. The van der Waals surface area contributed by atoms with Crippen molar-refractivity contribution in [1.82, 2.24) is 10.2 Å². The molecule has 0 saturated heterocycles. The van der Waals surface area contributed by atoms with Gasteiger partial charge in [-0.15, -0.1) is 0 Å². The number of hydrogen-bond acceptors (Lipinski definition) is 6. The molecule has 3 rings (SSSR count). The zero-order valence-electron chi connectivity index (χ0n) is 13.4. The fourth-order valence-corrected chi connectivity index (χ4v) is 4.44. The summed E-state index contributed by atoms with van der Waals surface area (Å²) in [6.45, 7) is 0. The maximum atomic E-state index is 12.7. The van der Waals surface area contributed by atoms with Crippen LogP contribution in [0.3, 0.4) is 0 Å². The van der Waals surface area contributed by atoms with Gasteiger partial charge in [0, 0.05) is 11.6 Å². The number of primary amides is 1. The topological polar surface area (TPSA) is 152 Å². The quantitative estimate of drug-likeness (QED) is 0.584. The molecule has 0 unspecified atom stereocenters. The molecular weight excluding hydrogens is 380 g/mol. The summed E-state index contributed by atoms with van der Waals surface area (Å²) in [5.74, 6) is -0.804. The predicted molar refractivity (Wildman–Crippen MR) is 95.0 cm³/mol. The number of aromatic nitrogens is 2. The normalized spacial score (nSPS) is 12.2. The van der Waals surface area contributed by atoms with Crippen LogP contribution in [-0.2, 0) is 19.9 Å². The van der Waals surface area contributed by atoms with Crippen LogP contribution >= 0.6 is 0 Å². The SMILES string of the molecule is CS(=O)(=O)c1ccccc1NS(=O)(=O)c1ccc2[nH]nc(C(N)=O)c2c1. The highest BCUT2D eigenvalue weighted by molar-refractivity contribution is 7.93. The van der Waals surface area contributed by atoms with Crippen LogP contribution in [-0.4, -0.2) is 39.2 Å². The lowest BCUT2D eigenvalue weighted by molar-refractivity contribution is 0.0997. The van der Waals surface area contributed by atoms with Crippen molar-refractivity contribution in [3.8, 4) is 0 Å². The molecule has 9 nitrogen and oxygen atoms in total. The molecule has 2 aromatic carbocycles. The number of hydrogen-bond donors (Lipinski definition) is 3. The Balaban J connectivity index is 2.09. The number of nitrogens with two attached hydrogens (primary N) is 1. The number of carbonyl (C=O) groups excluding carboxylic acids is 1. The molecule has 11 heteroatoms. The van der Waals surface area contributed by atoms with Crippen molar-refractivity contribution in [2.24, 2.45) is 5.73 Å². The molecule has 0 spiro atoms. The molecule has 0 radical (unpaired) electrons. The highest BCUT2D eigenvalue weighted by Crippen LogP contribution is 2.26.